The molecule has 0 aromatic carbocycles. The first-order valence-electron chi connectivity index (χ1n) is 6.36. The zero-order valence-corrected chi connectivity index (χ0v) is 10.2. The summed E-state index contributed by atoms with van der Waals surface area (Å²) in [6, 6.07) is 2.60. The Morgan fingerprint density at radius 3 is 3.18 bits per heavy atom. The van der Waals surface area contributed by atoms with E-state index in [9.17, 15) is 0 Å². The standard InChI is InChI=1S/C13H18N4/c1-10-5-7-17-9-12(16-13(17)15-10)8-11-4-2-3-6-14-11/h5,7,9,11,14H,2-4,6,8H2,1H3/t11-/m0/s1. The number of rotatable bonds is 2. The van der Waals surface area contributed by atoms with Crippen molar-refractivity contribution >= 4 is 5.78 Å². The summed E-state index contributed by atoms with van der Waals surface area (Å²) in [4.78, 5) is 9.00. The molecule has 0 unspecified atom stereocenters. The van der Waals surface area contributed by atoms with Crippen molar-refractivity contribution in [1.29, 1.82) is 0 Å². The maximum Gasteiger partial charge on any atom is 0.234 e. The van der Waals surface area contributed by atoms with Gasteiger partial charge in [-0.25, -0.2) is 9.97 Å². The molecule has 2 aromatic rings. The van der Waals surface area contributed by atoms with E-state index in [1.807, 2.05) is 23.6 Å². The second-order valence-electron chi connectivity index (χ2n) is 4.86. The first-order valence-corrected chi connectivity index (χ1v) is 6.36. The van der Waals surface area contributed by atoms with Crippen LogP contribution >= 0.6 is 0 Å². The summed E-state index contributed by atoms with van der Waals surface area (Å²) in [6.45, 7) is 3.15. The number of fused-ring (bicyclic) bond motifs is 1. The van der Waals surface area contributed by atoms with Crippen LogP contribution in [0.1, 0.15) is 30.7 Å². The lowest BCUT2D eigenvalue weighted by Gasteiger charge is -2.22. The third-order valence-corrected chi connectivity index (χ3v) is 3.38. The average Bonchev–Trinajstić information content (AvgIpc) is 2.71. The van der Waals surface area contributed by atoms with Crippen LogP contribution in [0.2, 0.25) is 0 Å². The van der Waals surface area contributed by atoms with E-state index in [0.717, 1.165) is 30.1 Å². The van der Waals surface area contributed by atoms with Gasteiger partial charge in [0, 0.05) is 30.6 Å². The maximum atomic E-state index is 4.58. The highest BCUT2D eigenvalue weighted by Gasteiger charge is 2.14. The lowest BCUT2D eigenvalue weighted by molar-refractivity contribution is 0.397. The van der Waals surface area contributed by atoms with Gasteiger partial charge in [-0.2, -0.15) is 0 Å². The fourth-order valence-corrected chi connectivity index (χ4v) is 2.46. The Morgan fingerprint density at radius 2 is 2.35 bits per heavy atom. The lowest BCUT2D eigenvalue weighted by atomic mass is 10.0. The molecule has 90 valence electrons. The summed E-state index contributed by atoms with van der Waals surface area (Å²) in [7, 11) is 0. The van der Waals surface area contributed by atoms with Gasteiger partial charge >= 0.3 is 0 Å². The van der Waals surface area contributed by atoms with Gasteiger partial charge < -0.3 is 5.32 Å². The molecule has 2 aromatic heterocycles. The zero-order chi connectivity index (χ0) is 11.7. The van der Waals surface area contributed by atoms with Crippen LogP contribution in [0.4, 0.5) is 0 Å². The molecule has 3 rings (SSSR count). The van der Waals surface area contributed by atoms with Crippen LogP contribution in [-0.2, 0) is 6.42 Å². The number of aryl methyl sites for hydroxylation is 1. The Kier molecular flexibility index (Phi) is 2.81. The largest absolute Gasteiger partial charge is 0.314 e. The van der Waals surface area contributed by atoms with Crippen LogP contribution in [0.25, 0.3) is 5.78 Å². The molecule has 0 aliphatic carbocycles. The highest BCUT2D eigenvalue weighted by molar-refractivity contribution is 5.31. The average molecular weight is 230 g/mol. The molecular formula is C13H18N4. The van der Waals surface area contributed by atoms with Crippen LogP contribution in [0.15, 0.2) is 18.5 Å². The number of hydrogen-bond donors (Lipinski definition) is 1. The van der Waals surface area contributed by atoms with Crippen LogP contribution in [0.5, 0.6) is 0 Å². The molecule has 4 heteroatoms. The molecule has 1 aliphatic heterocycles. The molecule has 1 saturated heterocycles. The predicted molar refractivity (Wildman–Crippen MR) is 67.1 cm³/mol. The molecule has 0 bridgehead atoms. The minimum Gasteiger partial charge on any atom is -0.314 e. The SMILES string of the molecule is Cc1ccn2cc(C[C@@H]3CCCCN3)nc2n1. The van der Waals surface area contributed by atoms with Crippen molar-refractivity contribution in [3.05, 3.63) is 29.8 Å². The Bertz CT molecular complexity index is 511. The van der Waals surface area contributed by atoms with E-state index >= 15 is 0 Å². The highest BCUT2D eigenvalue weighted by Crippen LogP contribution is 2.12. The van der Waals surface area contributed by atoms with Crippen molar-refractivity contribution in [3.63, 3.8) is 0 Å². The van der Waals surface area contributed by atoms with Gasteiger partial charge in [0.1, 0.15) is 0 Å². The minimum absolute atomic E-state index is 0.592. The van der Waals surface area contributed by atoms with Gasteiger partial charge in [0.05, 0.1) is 5.69 Å². The quantitative estimate of drug-likeness (QED) is 0.854. The number of piperidine rings is 1. The molecular weight excluding hydrogens is 212 g/mol. The van der Waals surface area contributed by atoms with Crippen molar-refractivity contribution in [2.75, 3.05) is 6.54 Å². The number of hydrogen-bond acceptors (Lipinski definition) is 3. The molecule has 17 heavy (non-hydrogen) atoms. The molecule has 0 amide bonds. The molecule has 1 aliphatic rings. The second-order valence-corrected chi connectivity index (χ2v) is 4.86. The van der Waals surface area contributed by atoms with Gasteiger partial charge in [-0.05, 0) is 32.4 Å². The fraction of sp³-hybridized carbons (Fsp3) is 0.538. The van der Waals surface area contributed by atoms with Crippen molar-refractivity contribution in [2.24, 2.45) is 0 Å². The molecule has 1 N–H and O–H groups in total. The summed E-state index contributed by atoms with van der Waals surface area (Å²) in [5, 5.41) is 3.55. The molecule has 0 radical (unpaired) electrons. The normalized spacial score (nSPS) is 20.9. The summed E-state index contributed by atoms with van der Waals surface area (Å²) in [5.41, 5.74) is 2.16. The van der Waals surface area contributed by atoms with E-state index in [-0.39, 0.29) is 0 Å². The van der Waals surface area contributed by atoms with E-state index in [1.165, 1.54) is 19.3 Å². The molecule has 0 saturated carbocycles. The summed E-state index contributed by atoms with van der Waals surface area (Å²) in [6.07, 6.45) is 9.05. The maximum absolute atomic E-state index is 4.58. The van der Waals surface area contributed by atoms with Crippen molar-refractivity contribution in [1.82, 2.24) is 19.7 Å². The molecule has 1 atom stereocenters. The van der Waals surface area contributed by atoms with Crippen molar-refractivity contribution in [3.8, 4) is 0 Å². The van der Waals surface area contributed by atoms with Gasteiger partial charge in [0.2, 0.25) is 5.78 Å². The van der Waals surface area contributed by atoms with E-state index in [2.05, 4.69) is 21.5 Å². The Morgan fingerprint density at radius 1 is 1.41 bits per heavy atom. The van der Waals surface area contributed by atoms with Gasteiger partial charge in [-0.3, -0.25) is 4.40 Å². The fourth-order valence-electron chi connectivity index (χ4n) is 2.46. The molecule has 0 spiro atoms. The highest BCUT2D eigenvalue weighted by atomic mass is 15.1. The monoisotopic (exact) mass is 230 g/mol. The topological polar surface area (TPSA) is 42.2 Å². The van der Waals surface area contributed by atoms with Gasteiger partial charge in [-0.1, -0.05) is 6.42 Å². The predicted octanol–water partition coefficient (Wildman–Crippen LogP) is 1.72. The van der Waals surface area contributed by atoms with Crippen molar-refractivity contribution < 1.29 is 0 Å². The Labute approximate surface area is 101 Å². The first kappa shape index (κ1) is 10.7. The van der Waals surface area contributed by atoms with Gasteiger partial charge in [0.15, 0.2) is 0 Å². The smallest absolute Gasteiger partial charge is 0.234 e. The van der Waals surface area contributed by atoms with E-state index in [1.54, 1.807) is 0 Å². The van der Waals surface area contributed by atoms with E-state index in [4.69, 9.17) is 0 Å². The number of imidazole rings is 1. The van der Waals surface area contributed by atoms with Gasteiger partial charge in [0.25, 0.3) is 0 Å². The zero-order valence-electron chi connectivity index (χ0n) is 10.2. The molecule has 1 fully saturated rings. The minimum atomic E-state index is 0.592. The van der Waals surface area contributed by atoms with Crippen LogP contribution in [0, 0.1) is 6.92 Å². The Hall–Kier alpha value is -1.42. The summed E-state index contributed by atoms with van der Waals surface area (Å²) < 4.78 is 2.01. The lowest BCUT2D eigenvalue weighted by Crippen LogP contribution is -2.35. The van der Waals surface area contributed by atoms with E-state index < -0.39 is 0 Å². The van der Waals surface area contributed by atoms with Crippen molar-refractivity contribution in [2.45, 2.75) is 38.6 Å². The van der Waals surface area contributed by atoms with Gasteiger partial charge in [-0.15, -0.1) is 0 Å². The summed E-state index contributed by atoms with van der Waals surface area (Å²) in [5.74, 6) is 0.816. The third-order valence-electron chi connectivity index (χ3n) is 3.38. The van der Waals surface area contributed by atoms with Crippen LogP contribution < -0.4 is 5.32 Å². The van der Waals surface area contributed by atoms with Crippen LogP contribution in [0.3, 0.4) is 0 Å². The summed E-state index contributed by atoms with van der Waals surface area (Å²) >= 11 is 0. The molecule has 4 nitrogen and oxygen atoms in total. The Balaban J connectivity index is 1.80. The first-order chi connectivity index (χ1) is 8.31. The second kappa shape index (κ2) is 4.45. The number of nitrogens with zero attached hydrogens (tertiary/aromatic N) is 3. The molecule has 3 heterocycles. The number of aromatic nitrogens is 3. The number of nitrogens with one attached hydrogen (secondary N) is 1. The van der Waals surface area contributed by atoms with E-state index in [0.29, 0.717) is 6.04 Å². The third kappa shape index (κ3) is 2.31. The van der Waals surface area contributed by atoms with Crippen LogP contribution in [-0.4, -0.2) is 27.0 Å².